The average molecular weight is 507 g/mol. The van der Waals surface area contributed by atoms with Gasteiger partial charge in [-0.2, -0.15) is 0 Å². The van der Waals surface area contributed by atoms with Crippen LogP contribution in [0, 0.1) is 28.6 Å². The van der Waals surface area contributed by atoms with Crippen LogP contribution < -0.4 is 0 Å². The Hall–Kier alpha value is -2.47. The quantitative estimate of drug-likeness (QED) is 0.462. The summed E-state index contributed by atoms with van der Waals surface area (Å²) in [6.45, 7) is 8.88. The second-order valence-electron chi connectivity index (χ2n) is 12.0. The van der Waals surface area contributed by atoms with Crippen molar-refractivity contribution in [3.63, 3.8) is 0 Å². The number of benzene rings is 2. The number of carbonyl (C=O) groups excluding carboxylic acids is 1. The van der Waals surface area contributed by atoms with Crippen LogP contribution >= 0.6 is 0 Å². The van der Waals surface area contributed by atoms with Gasteiger partial charge in [0, 0.05) is 16.5 Å². The molecule has 1 spiro atoms. The zero-order valence-corrected chi connectivity index (χ0v) is 22.7. The molecule has 1 amide bonds. The number of fused-ring (bicyclic) bond motifs is 1. The van der Waals surface area contributed by atoms with E-state index in [4.69, 9.17) is 4.99 Å². The van der Waals surface area contributed by atoms with Crippen molar-refractivity contribution in [2.75, 3.05) is 12.3 Å². The lowest BCUT2D eigenvalue weighted by atomic mass is 9.69. The first-order valence-corrected chi connectivity index (χ1v) is 14.9. The third-order valence-corrected chi connectivity index (χ3v) is 11.2. The predicted molar refractivity (Wildman–Crippen MR) is 144 cm³/mol. The van der Waals surface area contributed by atoms with Crippen molar-refractivity contribution in [2.24, 2.45) is 33.6 Å². The molecular weight excluding hydrogens is 468 g/mol. The Morgan fingerprint density at radius 1 is 1.03 bits per heavy atom. The molecule has 36 heavy (non-hydrogen) atoms. The highest BCUT2D eigenvalue weighted by Gasteiger charge is 2.72. The maximum Gasteiger partial charge on any atom is 0.241 e. The molecule has 5 rings (SSSR count). The summed E-state index contributed by atoms with van der Waals surface area (Å²) >= 11 is 0. The van der Waals surface area contributed by atoms with Crippen molar-refractivity contribution < 1.29 is 13.2 Å². The third-order valence-electron chi connectivity index (χ3n) is 9.30. The second-order valence-corrected chi connectivity index (χ2v) is 13.8. The van der Waals surface area contributed by atoms with Crippen LogP contribution in [-0.2, 0) is 14.8 Å². The molecule has 3 aliphatic rings. The SMILES string of the molecule is CC(C)C[C@H](CN=C(c1ccccc1)c1ccccc1)C(=O)N1[C@@H]2C[C@H]3CC[C@]2(CS1(=O)=O)C3(C)C. The van der Waals surface area contributed by atoms with Crippen LogP contribution in [-0.4, -0.2) is 42.7 Å². The van der Waals surface area contributed by atoms with Crippen LogP contribution in [0.1, 0.15) is 64.5 Å². The van der Waals surface area contributed by atoms with E-state index in [1.54, 1.807) is 0 Å². The minimum absolute atomic E-state index is 0.0563. The van der Waals surface area contributed by atoms with Crippen molar-refractivity contribution >= 4 is 21.6 Å². The average Bonchev–Trinajstić information content (AvgIpc) is 3.32. The van der Waals surface area contributed by atoms with Crippen LogP contribution in [0.2, 0.25) is 0 Å². The van der Waals surface area contributed by atoms with Crippen LogP contribution in [0.4, 0.5) is 0 Å². The predicted octanol–water partition coefficient (Wildman–Crippen LogP) is 5.55. The number of rotatable bonds is 7. The monoisotopic (exact) mass is 506 g/mol. The third kappa shape index (κ3) is 4.02. The molecule has 0 unspecified atom stereocenters. The fourth-order valence-electron chi connectivity index (χ4n) is 7.32. The number of hydrogen-bond acceptors (Lipinski definition) is 4. The summed E-state index contributed by atoms with van der Waals surface area (Å²) in [5, 5.41) is 0. The van der Waals surface area contributed by atoms with Gasteiger partial charge in [0.15, 0.2) is 0 Å². The van der Waals surface area contributed by atoms with Crippen LogP contribution in [0.15, 0.2) is 65.7 Å². The molecule has 1 saturated heterocycles. The van der Waals surface area contributed by atoms with Crippen LogP contribution in [0.25, 0.3) is 0 Å². The van der Waals surface area contributed by atoms with Gasteiger partial charge in [0.2, 0.25) is 15.9 Å². The first-order valence-electron chi connectivity index (χ1n) is 13.3. The maximum absolute atomic E-state index is 14.1. The lowest BCUT2D eigenvalue weighted by Gasteiger charge is -2.37. The van der Waals surface area contributed by atoms with Gasteiger partial charge in [-0.05, 0) is 42.9 Å². The summed E-state index contributed by atoms with van der Waals surface area (Å²) in [4.78, 5) is 19.1. The van der Waals surface area contributed by atoms with Gasteiger partial charge in [-0.25, -0.2) is 12.7 Å². The molecular formula is C30H38N2O3S. The number of amides is 1. The molecule has 2 aromatic carbocycles. The Kier molecular flexibility index (Phi) is 6.39. The van der Waals surface area contributed by atoms with E-state index in [0.29, 0.717) is 12.3 Å². The Morgan fingerprint density at radius 3 is 2.14 bits per heavy atom. The first-order chi connectivity index (χ1) is 17.1. The molecule has 2 aromatic rings. The van der Waals surface area contributed by atoms with Crippen LogP contribution in [0.5, 0.6) is 0 Å². The van der Waals surface area contributed by atoms with Gasteiger partial charge < -0.3 is 0 Å². The highest BCUT2D eigenvalue weighted by Crippen LogP contribution is 2.70. The van der Waals surface area contributed by atoms with Gasteiger partial charge in [0.25, 0.3) is 0 Å². The lowest BCUT2D eigenvalue weighted by Crippen LogP contribution is -2.47. The largest absolute Gasteiger partial charge is 0.283 e. The highest BCUT2D eigenvalue weighted by molar-refractivity contribution is 7.90. The van der Waals surface area contributed by atoms with E-state index in [1.807, 2.05) is 60.7 Å². The Bertz CT molecular complexity index is 1210. The topological polar surface area (TPSA) is 66.8 Å². The Labute approximate surface area is 216 Å². The van der Waals surface area contributed by atoms with Gasteiger partial charge in [0.1, 0.15) is 0 Å². The standard InChI is InChI=1S/C30H38N2O3S/c1-21(2)17-24(19-31-27(22-11-7-5-8-12-22)23-13-9-6-10-14-23)28(33)32-26-18-25-15-16-30(26,29(25,3)4)20-36(32,34)35/h5-14,21,24-26H,15-20H2,1-4H3/t24-,25-,26-,30-/m1/s1. The normalized spacial score (nSPS) is 28.2. The van der Waals surface area contributed by atoms with Crippen molar-refractivity contribution in [3.05, 3.63) is 71.8 Å². The summed E-state index contributed by atoms with van der Waals surface area (Å²) in [7, 11) is -3.65. The Morgan fingerprint density at radius 2 is 1.61 bits per heavy atom. The zero-order chi connectivity index (χ0) is 25.7. The molecule has 2 aliphatic carbocycles. The van der Waals surface area contributed by atoms with Gasteiger partial charge in [-0.3, -0.25) is 9.79 Å². The van der Waals surface area contributed by atoms with Crippen molar-refractivity contribution in [1.29, 1.82) is 0 Å². The minimum atomic E-state index is -3.65. The number of nitrogens with zero attached hydrogens (tertiary/aromatic N) is 2. The van der Waals surface area contributed by atoms with Gasteiger partial charge >= 0.3 is 0 Å². The Balaban J connectivity index is 1.49. The molecule has 1 heterocycles. The molecule has 2 bridgehead atoms. The molecule has 1 aliphatic heterocycles. The summed E-state index contributed by atoms with van der Waals surface area (Å²) in [6, 6.07) is 19.8. The van der Waals surface area contributed by atoms with Crippen LogP contribution in [0.3, 0.4) is 0 Å². The summed E-state index contributed by atoms with van der Waals surface area (Å²) in [5.41, 5.74) is 2.44. The molecule has 5 nitrogen and oxygen atoms in total. The molecule has 0 N–H and O–H groups in total. The molecule has 192 valence electrons. The van der Waals surface area contributed by atoms with Gasteiger partial charge in [-0.1, -0.05) is 88.4 Å². The van der Waals surface area contributed by atoms with Crippen molar-refractivity contribution in [2.45, 2.75) is 59.4 Å². The molecule has 6 heteroatoms. The molecule has 2 saturated carbocycles. The van der Waals surface area contributed by atoms with E-state index < -0.39 is 15.9 Å². The maximum atomic E-state index is 14.1. The fourth-order valence-corrected chi connectivity index (χ4v) is 9.92. The number of hydrogen-bond donors (Lipinski definition) is 0. The smallest absolute Gasteiger partial charge is 0.241 e. The number of carbonyl (C=O) groups is 1. The van der Waals surface area contributed by atoms with E-state index in [-0.39, 0.29) is 41.0 Å². The van der Waals surface area contributed by atoms with E-state index >= 15 is 0 Å². The fraction of sp³-hybridized carbons (Fsp3) is 0.533. The van der Waals surface area contributed by atoms with E-state index in [2.05, 4.69) is 27.7 Å². The van der Waals surface area contributed by atoms with E-state index in [0.717, 1.165) is 36.1 Å². The number of aliphatic imine (C=N–C) groups is 1. The summed E-state index contributed by atoms with van der Waals surface area (Å²) in [5.74, 6) is 0.119. The molecule has 3 fully saturated rings. The second kappa shape index (κ2) is 9.13. The van der Waals surface area contributed by atoms with Crippen molar-refractivity contribution in [1.82, 2.24) is 4.31 Å². The first kappa shape index (κ1) is 25.2. The minimum Gasteiger partial charge on any atom is -0.283 e. The molecule has 4 atom stereocenters. The molecule has 0 aromatic heterocycles. The highest BCUT2D eigenvalue weighted by atomic mass is 32.2. The molecule has 0 radical (unpaired) electrons. The lowest BCUT2D eigenvalue weighted by molar-refractivity contribution is -0.133. The van der Waals surface area contributed by atoms with Crippen molar-refractivity contribution in [3.8, 4) is 0 Å². The van der Waals surface area contributed by atoms with E-state index in [9.17, 15) is 13.2 Å². The van der Waals surface area contributed by atoms with E-state index in [1.165, 1.54) is 4.31 Å². The summed E-state index contributed by atoms with van der Waals surface area (Å²) < 4.78 is 28.4. The number of sulfonamides is 1. The van der Waals surface area contributed by atoms with Gasteiger partial charge in [0.05, 0.1) is 30.0 Å². The van der Waals surface area contributed by atoms with Gasteiger partial charge in [-0.15, -0.1) is 0 Å². The summed E-state index contributed by atoms with van der Waals surface area (Å²) in [6.07, 6.45) is 3.38. The zero-order valence-electron chi connectivity index (χ0n) is 21.9.